The lowest BCUT2D eigenvalue weighted by atomic mass is 9.35. The molecule has 2 aliphatic heterocycles. The molecule has 3 saturated carbocycles. The number of carboxylic acids is 1. The van der Waals surface area contributed by atoms with Crippen molar-refractivity contribution in [3.05, 3.63) is 23.3 Å². The van der Waals surface area contributed by atoms with Crippen LogP contribution in [0.4, 0.5) is 0 Å². The first-order chi connectivity index (χ1) is 24.7. The van der Waals surface area contributed by atoms with Crippen LogP contribution in [0.2, 0.25) is 0 Å². The summed E-state index contributed by atoms with van der Waals surface area (Å²) in [4.78, 5) is 13.0. The second-order valence-electron chi connectivity index (χ2n) is 19.8. The number of aliphatic hydroxyl groups excluding tert-OH is 6. The minimum atomic E-state index is -1.63. The van der Waals surface area contributed by atoms with Gasteiger partial charge in [-0.15, -0.1) is 0 Å². The molecule has 5 fully saturated rings. The summed E-state index contributed by atoms with van der Waals surface area (Å²) in [5.41, 5.74) is 0.987. The minimum absolute atomic E-state index is 0.0571. The van der Waals surface area contributed by atoms with Crippen LogP contribution in [0.3, 0.4) is 0 Å². The van der Waals surface area contributed by atoms with Gasteiger partial charge in [-0.3, -0.25) is 4.79 Å². The van der Waals surface area contributed by atoms with Gasteiger partial charge in [-0.2, -0.15) is 0 Å². The van der Waals surface area contributed by atoms with Crippen LogP contribution in [0.5, 0.6) is 0 Å². The van der Waals surface area contributed by atoms with Gasteiger partial charge in [0, 0.05) is 0 Å². The number of hydrogen-bond donors (Lipinski definition) is 7. The summed E-state index contributed by atoms with van der Waals surface area (Å²) in [6.45, 7) is 15.4. The predicted molar refractivity (Wildman–Crippen MR) is 192 cm³/mol. The van der Waals surface area contributed by atoms with Gasteiger partial charge in [0.2, 0.25) is 0 Å². The van der Waals surface area contributed by atoms with Crippen molar-refractivity contribution in [2.45, 2.75) is 168 Å². The van der Waals surface area contributed by atoms with E-state index in [1.54, 1.807) is 0 Å². The van der Waals surface area contributed by atoms with Gasteiger partial charge < -0.3 is 54.7 Å². The van der Waals surface area contributed by atoms with E-state index in [0.717, 1.165) is 44.1 Å². The van der Waals surface area contributed by atoms with Crippen molar-refractivity contribution in [2.75, 3.05) is 13.2 Å². The second-order valence-corrected chi connectivity index (χ2v) is 19.8. The van der Waals surface area contributed by atoms with E-state index in [4.69, 9.17) is 18.9 Å². The zero-order valence-corrected chi connectivity index (χ0v) is 32.5. The van der Waals surface area contributed by atoms with E-state index in [2.05, 4.69) is 60.6 Å². The van der Waals surface area contributed by atoms with Crippen molar-refractivity contribution in [3.63, 3.8) is 0 Å². The van der Waals surface area contributed by atoms with Crippen LogP contribution in [0.25, 0.3) is 0 Å². The normalized spacial score (nSPS) is 51.8. The average Bonchev–Trinajstić information content (AvgIpc) is 3.08. The van der Waals surface area contributed by atoms with Crippen LogP contribution >= 0.6 is 0 Å². The zero-order chi connectivity index (χ0) is 38.7. The van der Waals surface area contributed by atoms with E-state index >= 15 is 0 Å². The standard InChI is InChI=1S/C41H64O12/c1-36(2)14-16-41(35(48)49)17-15-39(6)21(22(41)18-36)8-9-26-38(5)12-11-27(37(3,4)25(38)10-13-40(26,39)7)52-34-32(30(46)29(45)24(19-42)51-34)53-33-31(47)28(44)23(43)20-50-33/h8-9,23-34,42-47H,10-20H2,1-7H3,(H,48,49)/t23-,24-,25+,26-,27+,28+,29-,30+,31-,32-,33+,34+,38+,39-,40-,41+/m1/s1. The molecule has 7 N–H and O–H groups in total. The fourth-order valence-electron chi connectivity index (χ4n) is 12.7. The third-order valence-corrected chi connectivity index (χ3v) is 16.2. The molecular formula is C41H64O12. The third kappa shape index (κ3) is 5.86. The van der Waals surface area contributed by atoms with Crippen LogP contribution in [0.15, 0.2) is 23.3 Å². The van der Waals surface area contributed by atoms with Crippen molar-refractivity contribution in [2.24, 2.45) is 44.3 Å². The Bertz CT molecular complexity index is 1490. The molecule has 0 aromatic heterocycles. The van der Waals surface area contributed by atoms with Gasteiger partial charge in [-0.05, 0) is 108 Å². The molecule has 2 heterocycles. The number of fused-ring (bicyclic) bond motifs is 6. The lowest BCUT2D eigenvalue weighted by molar-refractivity contribution is -0.370. The van der Waals surface area contributed by atoms with E-state index in [-0.39, 0.29) is 51.6 Å². The Hall–Kier alpha value is -1.45. The summed E-state index contributed by atoms with van der Waals surface area (Å²) in [5, 5.41) is 73.5. The molecule has 0 bridgehead atoms. The zero-order valence-electron chi connectivity index (χ0n) is 32.5. The van der Waals surface area contributed by atoms with Gasteiger partial charge in [0.15, 0.2) is 12.6 Å². The first kappa shape index (κ1) is 39.8. The Morgan fingerprint density at radius 2 is 1.53 bits per heavy atom. The lowest BCUT2D eigenvalue weighted by Gasteiger charge is -2.69. The molecule has 0 radical (unpaired) electrons. The summed E-state index contributed by atoms with van der Waals surface area (Å²) in [6, 6.07) is 0. The molecule has 5 aliphatic carbocycles. The Balaban J connectivity index is 1.17. The molecule has 12 nitrogen and oxygen atoms in total. The minimum Gasteiger partial charge on any atom is -0.481 e. The molecule has 12 heteroatoms. The smallest absolute Gasteiger partial charge is 0.313 e. The van der Waals surface area contributed by atoms with Gasteiger partial charge in [-0.1, -0.05) is 60.6 Å². The van der Waals surface area contributed by atoms with Crippen molar-refractivity contribution in [3.8, 4) is 0 Å². The second kappa shape index (κ2) is 13.3. The van der Waals surface area contributed by atoms with Gasteiger partial charge in [0.25, 0.3) is 0 Å². The van der Waals surface area contributed by atoms with Crippen molar-refractivity contribution in [1.82, 2.24) is 0 Å². The van der Waals surface area contributed by atoms with E-state index < -0.39 is 73.3 Å². The number of hydrogen-bond acceptors (Lipinski definition) is 11. The lowest BCUT2D eigenvalue weighted by Crippen LogP contribution is -2.66. The number of allylic oxidation sites excluding steroid dienone is 3. The topological polar surface area (TPSA) is 196 Å². The molecule has 2 saturated heterocycles. The Kier molecular flexibility index (Phi) is 9.99. The molecule has 0 spiro atoms. The van der Waals surface area contributed by atoms with Crippen molar-refractivity contribution in [1.29, 1.82) is 0 Å². The highest BCUT2D eigenvalue weighted by molar-refractivity contribution is 5.80. The van der Waals surface area contributed by atoms with Crippen LogP contribution in [-0.4, -0.2) is 116 Å². The van der Waals surface area contributed by atoms with Crippen molar-refractivity contribution >= 4 is 5.97 Å². The maximum absolute atomic E-state index is 13.0. The molecule has 53 heavy (non-hydrogen) atoms. The number of rotatable bonds is 6. The largest absolute Gasteiger partial charge is 0.481 e. The number of carbonyl (C=O) groups is 1. The number of aliphatic hydroxyl groups is 6. The SMILES string of the molecule is CC1(C)CC[C@]2(C(=O)O)CC[C@]3(C)C(=C2C1)C=C[C@@H]1[C@@]2(C)CC[C@H](O[C@@H]4O[C@H](CO)[C@@H](O)[C@H](O)[C@H]4O[C@@H]4OC[C@@H](O)[C@H](O)[C@H]4O)C(C)(C)[C@@H]2CC[C@]13C. The molecular weight excluding hydrogens is 684 g/mol. The summed E-state index contributed by atoms with van der Waals surface area (Å²) >= 11 is 0. The highest BCUT2D eigenvalue weighted by atomic mass is 16.8. The maximum atomic E-state index is 13.0. The van der Waals surface area contributed by atoms with E-state index in [1.807, 2.05) is 0 Å². The third-order valence-electron chi connectivity index (χ3n) is 16.2. The maximum Gasteiger partial charge on any atom is 0.313 e. The molecule has 300 valence electrons. The Morgan fingerprint density at radius 3 is 2.21 bits per heavy atom. The summed E-state index contributed by atoms with van der Waals surface area (Å²) in [7, 11) is 0. The van der Waals surface area contributed by atoms with Crippen LogP contribution in [0, 0.1) is 44.3 Å². The van der Waals surface area contributed by atoms with E-state index in [9.17, 15) is 40.5 Å². The fourth-order valence-corrected chi connectivity index (χ4v) is 12.7. The first-order valence-electron chi connectivity index (χ1n) is 19.9. The molecule has 16 atom stereocenters. The highest BCUT2D eigenvalue weighted by Crippen LogP contribution is 2.74. The molecule has 7 rings (SSSR count). The average molecular weight is 749 g/mol. The first-order valence-corrected chi connectivity index (χ1v) is 19.9. The summed E-state index contributed by atoms with van der Waals surface area (Å²) < 4.78 is 24.2. The molecule has 0 aromatic carbocycles. The monoisotopic (exact) mass is 748 g/mol. The highest BCUT2D eigenvalue weighted by Gasteiger charge is 2.68. The fraction of sp³-hybridized carbons (Fsp3) is 0.878. The summed E-state index contributed by atoms with van der Waals surface area (Å²) in [5.74, 6) is -0.187. The van der Waals surface area contributed by atoms with Gasteiger partial charge in [0.05, 0.1) is 24.7 Å². The van der Waals surface area contributed by atoms with Gasteiger partial charge >= 0.3 is 5.97 Å². The van der Waals surface area contributed by atoms with Crippen LogP contribution in [0.1, 0.15) is 106 Å². The molecule has 0 aromatic rings. The predicted octanol–water partition coefficient (Wildman–Crippen LogP) is 3.44. The number of carboxylic acid groups (broad SMARTS) is 1. The molecule has 7 aliphatic rings. The van der Waals surface area contributed by atoms with Crippen LogP contribution in [-0.2, 0) is 23.7 Å². The van der Waals surface area contributed by atoms with Crippen LogP contribution < -0.4 is 0 Å². The van der Waals surface area contributed by atoms with E-state index in [1.165, 1.54) is 5.57 Å². The molecule has 0 amide bonds. The number of ether oxygens (including phenoxy) is 4. The quantitative estimate of drug-likeness (QED) is 0.196. The Morgan fingerprint density at radius 1 is 0.830 bits per heavy atom. The van der Waals surface area contributed by atoms with Gasteiger partial charge in [-0.25, -0.2) is 0 Å². The summed E-state index contributed by atoms with van der Waals surface area (Å²) in [6.07, 6.45) is -0.947. The van der Waals surface area contributed by atoms with E-state index in [0.29, 0.717) is 19.3 Å². The van der Waals surface area contributed by atoms with Crippen molar-refractivity contribution < 1.29 is 59.5 Å². The molecule has 0 unspecified atom stereocenters. The Labute approximate surface area is 313 Å². The number of aliphatic carboxylic acids is 1. The van der Waals surface area contributed by atoms with Gasteiger partial charge in [0.1, 0.15) is 42.7 Å².